The number of carbonyl (C=O) groups excluding carboxylic acids is 2. The predicted molar refractivity (Wildman–Crippen MR) is 95.2 cm³/mol. The van der Waals surface area contributed by atoms with Crippen LogP contribution in [0.3, 0.4) is 0 Å². The van der Waals surface area contributed by atoms with Crippen molar-refractivity contribution in [3.05, 3.63) is 32.7 Å². The number of hydrogen-bond acceptors (Lipinski definition) is 4. The van der Waals surface area contributed by atoms with Crippen LogP contribution in [-0.2, 0) is 4.74 Å². The first-order valence-corrected chi connectivity index (χ1v) is 8.59. The lowest BCUT2D eigenvalue weighted by Crippen LogP contribution is -2.43. The molecule has 0 spiro atoms. The first kappa shape index (κ1) is 21.1. The summed E-state index contributed by atoms with van der Waals surface area (Å²) in [5.41, 5.74) is 3.89. The van der Waals surface area contributed by atoms with E-state index in [9.17, 15) is 18.8 Å². The fourth-order valence-electron chi connectivity index (χ4n) is 2.06. The van der Waals surface area contributed by atoms with E-state index in [0.717, 1.165) is 6.42 Å². The van der Waals surface area contributed by atoms with Crippen LogP contribution in [0.15, 0.2) is 21.5 Å². The summed E-state index contributed by atoms with van der Waals surface area (Å²) in [6.45, 7) is 6.20. The van der Waals surface area contributed by atoms with Crippen molar-refractivity contribution in [2.45, 2.75) is 45.4 Å². The Kier molecular flexibility index (Phi) is 7.60. The number of aromatic amines is 1. The number of nitrogens with one attached hydrogen (secondary N) is 1. The molecule has 1 aromatic rings. The summed E-state index contributed by atoms with van der Waals surface area (Å²) in [6.07, 6.45) is 1.42. The summed E-state index contributed by atoms with van der Waals surface area (Å²) in [6, 6.07) is 1.38. The summed E-state index contributed by atoms with van der Waals surface area (Å²) in [7, 11) is 0. The number of amides is 2. The second-order valence-electron chi connectivity index (χ2n) is 6.59. The molecule has 0 aromatic carbocycles. The highest BCUT2D eigenvalue weighted by Crippen LogP contribution is 2.16. The Morgan fingerprint density at radius 2 is 2.08 bits per heavy atom. The number of piperidine rings is 1. The van der Waals surface area contributed by atoms with Crippen LogP contribution in [-0.4, -0.2) is 46.7 Å². The first-order valence-electron chi connectivity index (χ1n) is 7.79. The van der Waals surface area contributed by atoms with Crippen molar-refractivity contribution in [1.82, 2.24) is 9.88 Å². The number of nitrogens with two attached hydrogens (primary N) is 1. The molecule has 25 heavy (non-hydrogen) atoms. The lowest BCUT2D eigenvalue weighted by atomic mass is 10.1. The summed E-state index contributed by atoms with van der Waals surface area (Å²) >= 11 is 3.09. The van der Waals surface area contributed by atoms with Gasteiger partial charge in [-0.25, -0.2) is 9.18 Å². The molecule has 9 heteroatoms. The number of H-pyrrole nitrogens is 1. The average molecular weight is 420 g/mol. The quantitative estimate of drug-likeness (QED) is 0.729. The number of alkyl halides is 1. The number of pyridine rings is 1. The topological polar surface area (TPSA) is 105 Å². The highest BCUT2D eigenvalue weighted by Gasteiger charge is 2.27. The number of nitrogens with zero attached hydrogens (tertiary/aromatic N) is 1. The minimum absolute atomic E-state index is 0.0422. The zero-order valence-electron chi connectivity index (χ0n) is 14.5. The number of primary amides is 1. The number of hydrogen-bond donors (Lipinski definition) is 2. The number of carbonyl (C=O) groups is 2. The third kappa shape index (κ3) is 7.68. The highest BCUT2D eigenvalue weighted by molar-refractivity contribution is 9.10. The molecule has 3 N–H and O–H groups in total. The Hall–Kier alpha value is -1.90. The smallest absolute Gasteiger partial charge is 0.410 e. The Morgan fingerprint density at radius 3 is 2.56 bits per heavy atom. The molecule has 1 saturated heterocycles. The monoisotopic (exact) mass is 419 g/mol. The lowest BCUT2D eigenvalue weighted by Gasteiger charge is -2.31. The van der Waals surface area contributed by atoms with Gasteiger partial charge in [0.15, 0.2) is 0 Å². The highest BCUT2D eigenvalue weighted by atomic mass is 79.9. The number of likely N-dealkylation sites (tertiary alicyclic amines) is 1. The van der Waals surface area contributed by atoms with Crippen LogP contribution in [0.5, 0.6) is 0 Å². The van der Waals surface area contributed by atoms with Crippen molar-refractivity contribution in [3.63, 3.8) is 0 Å². The van der Waals surface area contributed by atoms with E-state index in [1.807, 2.05) is 20.8 Å². The maximum absolute atomic E-state index is 13.0. The SMILES string of the molecule is CC(C)(C)OC(=O)N1CCCC(F)C1.NC(=O)c1cc(Br)c[nH]c1=O. The van der Waals surface area contributed by atoms with Crippen LogP contribution < -0.4 is 11.3 Å². The maximum atomic E-state index is 13.0. The Balaban J connectivity index is 0.000000257. The third-order valence-electron chi connectivity index (χ3n) is 3.15. The van der Waals surface area contributed by atoms with Crippen LogP contribution in [0.1, 0.15) is 44.0 Å². The molecule has 0 bridgehead atoms. The van der Waals surface area contributed by atoms with Gasteiger partial charge in [-0.1, -0.05) is 0 Å². The predicted octanol–water partition coefficient (Wildman–Crippen LogP) is 2.59. The summed E-state index contributed by atoms with van der Waals surface area (Å²) < 4.78 is 18.7. The molecule has 0 saturated carbocycles. The summed E-state index contributed by atoms with van der Waals surface area (Å²) in [4.78, 5) is 36.7. The molecule has 140 valence electrons. The van der Waals surface area contributed by atoms with E-state index < -0.39 is 29.3 Å². The second-order valence-corrected chi connectivity index (χ2v) is 7.51. The van der Waals surface area contributed by atoms with Gasteiger partial charge in [-0.05, 0) is 55.6 Å². The molecule has 1 aromatic heterocycles. The van der Waals surface area contributed by atoms with Crippen molar-refractivity contribution in [3.8, 4) is 0 Å². The van der Waals surface area contributed by atoms with Crippen LogP contribution in [0.2, 0.25) is 0 Å². The van der Waals surface area contributed by atoms with Crippen LogP contribution >= 0.6 is 15.9 Å². The zero-order chi connectivity index (χ0) is 19.2. The largest absolute Gasteiger partial charge is 0.444 e. The van der Waals surface area contributed by atoms with Crippen molar-refractivity contribution < 1.29 is 18.7 Å². The van der Waals surface area contributed by atoms with E-state index in [2.05, 4.69) is 20.9 Å². The maximum Gasteiger partial charge on any atom is 0.410 e. The Labute approximate surface area is 153 Å². The fourth-order valence-corrected chi connectivity index (χ4v) is 2.40. The van der Waals surface area contributed by atoms with E-state index in [1.165, 1.54) is 17.2 Å². The van der Waals surface area contributed by atoms with Crippen molar-refractivity contribution >= 4 is 27.9 Å². The molecule has 2 rings (SSSR count). The molecule has 0 radical (unpaired) electrons. The van der Waals surface area contributed by atoms with E-state index >= 15 is 0 Å². The van der Waals surface area contributed by atoms with Gasteiger partial charge in [-0.3, -0.25) is 9.59 Å². The van der Waals surface area contributed by atoms with Gasteiger partial charge in [-0.15, -0.1) is 0 Å². The summed E-state index contributed by atoms with van der Waals surface area (Å²) in [5.74, 6) is -0.729. The summed E-state index contributed by atoms with van der Waals surface area (Å²) in [5, 5.41) is 0. The van der Waals surface area contributed by atoms with E-state index in [0.29, 0.717) is 17.4 Å². The number of aromatic nitrogens is 1. The molecule has 7 nitrogen and oxygen atoms in total. The van der Waals surface area contributed by atoms with Gasteiger partial charge < -0.3 is 20.4 Å². The van der Waals surface area contributed by atoms with Crippen LogP contribution in [0.25, 0.3) is 0 Å². The second kappa shape index (κ2) is 8.98. The third-order valence-corrected chi connectivity index (χ3v) is 3.61. The van der Waals surface area contributed by atoms with Crippen molar-refractivity contribution in [2.24, 2.45) is 5.73 Å². The van der Waals surface area contributed by atoms with Crippen LogP contribution in [0, 0.1) is 0 Å². The molecule has 1 unspecified atom stereocenters. The van der Waals surface area contributed by atoms with Gasteiger partial charge in [0, 0.05) is 17.2 Å². The van der Waals surface area contributed by atoms with Gasteiger partial charge in [0.05, 0.1) is 6.54 Å². The first-order chi connectivity index (χ1) is 11.5. The zero-order valence-corrected chi connectivity index (χ0v) is 16.1. The number of halogens is 2. The molecule has 1 aliphatic heterocycles. The molecule has 0 aliphatic carbocycles. The molecular formula is C16H23BrFN3O4. The molecule has 1 aliphatic rings. The fraction of sp³-hybridized carbons (Fsp3) is 0.562. The standard InChI is InChI=1S/C10H18FNO2.C6H5BrN2O2/c1-10(2,3)14-9(13)12-6-4-5-8(11)7-12;7-3-1-4(5(8)10)6(11)9-2-3/h8H,4-7H2,1-3H3;1-2H,(H2,8,10)(H,9,11). The molecule has 1 atom stereocenters. The minimum atomic E-state index is -0.892. The lowest BCUT2D eigenvalue weighted by molar-refractivity contribution is 0.0139. The molecule has 2 amide bonds. The van der Waals surface area contributed by atoms with E-state index in [4.69, 9.17) is 10.5 Å². The van der Waals surface area contributed by atoms with Gasteiger partial charge in [0.2, 0.25) is 0 Å². The van der Waals surface area contributed by atoms with Gasteiger partial charge >= 0.3 is 6.09 Å². The van der Waals surface area contributed by atoms with Crippen LogP contribution in [0.4, 0.5) is 9.18 Å². The van der Waals surface area contributed by atoms with E-state index in [-0.39, 0.29) is 12.1 Å². The molecule has 2 heterocycles. The number of rotatable bonds is 1. The van der Waals surface area contributed by atoms with Crippen molar-refractivity contribution in [1.29, 1.82) is 0 Å². The van der Waals surface area contributed by atoms with Gasteiger partial charge in [0.1, 0.15) is 17.3 Å². The van der Waals surface area contributed by atoms with E-state index in [1.54, 1.807) is 0 Å². The Bertz CT molecular complexity index is 672. The Morgan fingerprint density at radius 1 is 1.44 bits per heavy atom. The van der Waals surface area contributed by atoms with Gasteiger partial charge in [-0.2, -0.15) is 0 Å². The number of ether oxygens (including phenoxy) is 1. The molecular weight excluding hydrogens is 397 g/mol. The normalized spacial score (nSPS) is 17.3. The van der Waals surface area contributed by atoms with Gasteiger partial charge in [0.25, 0.3) is 11.5 Å². The minimum Gasteiger partial charge on any atom is -0.444 e. The van der Waals surface area contributed by atoms with Crippen molar-refractivity contribution in [2.75, 3.05) is 13.1 Å². The molecule has 1 fully saturated rings. The average Bonchev–Trinajstić information content (AvgIpc) is 2.48.